The average molecular weight is 237 g/mol. The molecule has 2 rings (SSSR count). The summed E-state index contributed by atoms with van der Waals surface area (Å²) in [5, 5.41) is 11.5. The number of nitrogens with one attached hydrogen (secondary N) is 1. The zero-order chi connectivity index (χ0) is 12.4. The van der Waals surface area contributed by atoms with Crippen LogP contribution in [0.25, 0.3) is 0 Å². The van der Waals surface area contributed by atoms with Crippen LogP contribution in [0.1, 0.15) is 47.1 Å². The number of carboxylic acids is 1. The first kappa shape index (κ1) is 11.7. The zero-order valence-electron chi connectivity index (χ0n) is 9.60. The van der Waals surface area contributed by atoms with Gasteiger partial charge >= 0.3 is 5.97 Å². The zero-order valence-corrected chi connectivity index (χ0v) is 9.60. The predicted octanol–water partition coefficient (Wildman–Crippen LogP) is 1.90. The summed E-state index contributed by atoms with van der Waals surface area (Å²) in [6.07, 6.45) is 4.57. The van der Waals surface area contributed by atoms with Crippen LogP contribution in [0.15, 0.2) is 16.7 Å². The van der Waals surface area contributed by atoms with E-state index in [-0.39, 0.29) is 23.3 Å². The molecule has 92 valence electrons. The summed E-state index contributed by atoms with van der Waals surface area (Å²) < 4.78 is 4.93. The van der Waals surface area contributed by atoms with E-state index in [0.717, 1.165) is 19.1 Å². The second-order valence-electron chi connectivity index (χ2n) is 4.46. The highest BCUT2D eigenvalue weighted by Crippen LogP contribution is 2.29. The SMILES string of the molecule is CC(NC(=O)c1cc(C(=O)O)co1)C1CCC1. The molecule has 2 N–H and O–H groups in total. The van der Waals surface area contributed by atoms with Crippen molar-refractivity contribution in [2.75, 3.05) is 0 Å². The third-order valence-electron chi connectivity index (χ3n) is 3.29. The highest BCUT2D eigenvalue weighted by atomic mass is 16.4. The van der Waals surface area contributed by atoms with Crippen LogP contribution in [0.5, 0.6) is 0 Å². The summed E-state index contributed by atoms with van der Waals surface area (Å²) in [6, 6.07) is 1.35. The Morgan fingerprint density at radius 1 is 1.53 bits per heavy atom. The molecule has 0 aliphatic heterocycles. The Bertz CT molecular complexity index is 433. The molecule has 1 aliphatic carbocycles. The highest BCUT2D eigenvalue weighted by molar-refractivity contribution is 5.95. The number of carboxylic acid groups (broad SMARTS) is 1. The summed E-state index contributed by atoms with van der Waals surface area (Å²) in [5.41, 5.74) is -0.00792. The normalized spacial score (nSPS) is 17.2. The van der Waals surface area contributed by atoms with Crippen molar-refractivity contribution in [3.63, 3.8) is 0 Å². The van der Waals surface area contributed by atoms with E-state index in [2.05, 4.69) is 5.32 Å². The van der Waals surface area contributed by atoms with E-state index in [0.29, 0.717) is 5.92 Å². The molecule has 1 aliphatic rings. The molecule has 1 amide bonds. The van der Waals surface area contributed by atoms with Gasteiger partial charge in [-0.3, -0.25) is 4.79 Å². The minimum Gasteiger partial charge on any atom is -0.478 e. The van der Waals surface area contributed by atoms with Crippen molar-refractivity contribution < 1.29 is 19.1 Å². The number of carbonyl (C=O) groups excluding carboxylic acids is 1. The molecule has 1 aromatic rings. The smallest absolute Gasteiger partial charge is 0.338 e. The fraction of sp³-hybridized carbons (Fsp3) is 0.500. The Balaban J connectivity index is 1.96. The van der Waals surface area contributed by atoms with E-state index < -0.39 is 5.97 Å². The van der Waals surface area contributed by atoms with Gasteiger partial charge in [0.1, 0.15) is 6.26 Å². The third kappa shape index (κ3) is 2.49. The van der Waals surface area contributed by atoms with Crippen molar-refractivity contribution >= 4 is 11.9 Å². The van der Waals surface area contributed by atoms with Gasteiger partial charge in [-0.05, 0) is 25.7 Å². The third-order valence-corrected chi connectivity index (χ3v) is 3.29. The Morgan fingerprint density at radius 3 is 2.71 bits per heavy atom. The van der Waals surface area contributed by atoms with Crippen LogP contribution in [0.2, 0.25) is 0 Å². The summed E-state index contributed by atoms with van der Waals surface area (Å²) in [7, 11) is 0. The van der Waals surface area contributed by atoms with Gasteiger partial charge in [0.05, 0.1) is 5.56 Å². The molecule has 5 heteroatoms. The quantitative estimate of drug-likeness (QED) is 0.838. The van der Waals surface area contributed by atoms with Gasteiger partial charge in [0.15, 0.2) is 5.76 Å². The Kier molecular flexibility index (Phi) is 3.17. The Hall–Kier alpha value is -1.78. The van der Waals surface area contributed by atoms with Crippen molar-refractivity contribution in [1.82, 2.24) is 5.32 Å². The van der Waals surface area contributed by atoms with Crippen LogP contribution in [-0.4, -0.2) is 23.0 Å². The number of furan rings is 1. The second-order valence-corrected chi connectivity index (χ2v) is 4.46. The first-order valence-electron chi connectivity index (χ1n) is 5.70. The minimum absolute atomic E-state index is 0.00792. The first-order valence-corrected chi connectivity index (χ1v) is 5.70. The molecular weight excluding hydrogens is 222 g/mol. The number of hydrogen-bond acceptors (Lipinski definition) is 3. The number of carbonyl (C=O) groups is 2. The lowest BCUT2D eigenvalue weighted by molar-refractivity contribution is 0.0695. The highest BCUT2D eigenvalue weighted by Gasteiger charge is 2.26. The summed E-state index contributed by atoms with van der Waals surface area (Å²) in [4.78, 5) is 22.4. The maximum Gasteiger partial charge on any atom is 0.338 e. The van der Waals surface area contributed by atoms with Gasteiger partial charge in [-0.25, -0.2) is 4.79 Å². The van der Waals surface area contributed by atoms with Crippen LogP contribution in [-0.2, 0) is 0 Å². The minimum atomic E-state index is -1.10. The largest absolute Gasteiger partial charge is 0.478 e. The lowest BCUT2D eigenvalue weighted by Gasteiger charge is -2.31. The molecule has 1 fully saturated rings. The summed E-state index contributed by atoms with van der Waals surface area (Å²) in [5.74, 6) is -0.863. The van der Waals surface area contributed by atoms with Gasteiger partial charge in [0, 0.05) is 12.1 Å². The molecule has 0 aromatic carbocycles. The lowest BCUT2D eigenvalue weighted by Crippen LogP contribution is -2.40. The van der Waals surface area contributed by atoms with Crippen molar-refractivity contribution in [2.24, 2.45) is 5.92 Å². The van der Waals surface area contributed by atoms with Gasteiger partial charge in [-0.1, -0.05) is 6.42 Å². The molecule has 5 nitrogen and oxygen atoms in total. The fourth-order valence-corrected chi connectivity index (χ4v) is 1.90. The van der Waals surface area contributed by atoms with E-state index in [9.17, 15) is 9.59 Å². The molecule has 1 unspecified atom stereocenters. The monoisotopic (exact) mass is 237 g/mol. The van der Waals surface area contributed by atoms with Gasteiger partial charge < -0.3 is 14.8 Å². The van der Waals surface area contributed by atoms with Crippen LogP contribution in [0.3, 0.4) is 0 Å². The maximum absolute atomic E-state index is 11.7. The molecule has 1 saturated carbocycles. The molecule has 1 heterocycles. The van der Waals surface area contributed by atoms with E-state index in [1.54, 1.807) is 0 Å². The van der Waals surface area contributed by atoms with E-state index in [1.807, 2.05) is 6.92 Å². The number of amides is 1. The summed E-state index contributed by atoms with van der Waals surface area (Å²) in [6.45, 7) is 1.96. The number of hydrogen-bond donors (Lipinski definition) is 2. The second kappa shape index (κ2) is 4.61. The number of rotatable bonds is 4. The average Bonchev–Trinajstić information content (AvgIpc) is 2.62. The molecule has 0 bridgehead atoms. The summed E-state index contributed by atoms with van der Waals surface area (Å²) >= 11 is 0. The molecule has 1 aromatic heterocycles. The molecule has 0 spiro atoms. The van der Waals surface area contributed by atoms with Crippen LogP contribution < -0.4 is 5.32 Å². The standard InChI is InChI=1S/C12H15NO4/c1-7(8-3-2-4-8)13-11(14)10-5-9(6-17-10)12(15)16/h5-8H,2-4H2,1H3,(H,13,14)(H,15,16). The van der Waals surface area contributed by atoms with Crippen molar-refractivity contribution in [3.05, 3.63) is 23.7 Å². The van der Waals surface area contributed by atoms with Gasteiger partial charge in [0.2, 0.25) is 0 Å². The van der Waals surface area contributed by atoms with Crippen molar-refractivity contribution in [1.29, 1.82) is 0 Å². The number of aromatic carboxylic acids is 1. The predicted molar refractivity (Wildman–Crippen MR) is 59.9 cm³/mol. The molecule has 17 heavy (non-hydrogen) atoms. The van der Waals surface area contributed by atoms with Crippen molar-refractivity contribution in [3.8, 4) is 0 Å². The van der Waals surface area contributed by atoms with Crippen molar-refractivity contribution in [2.45, 2.75) is 32.2 Å². The van der Waals surface area contributed by atoms with E-state index in [1.165, 1.54) is 12.5 Å². The van der Waals surface area contributed by atoms with E-state index in [4.69, 9.17) is 9.52 Å². The van der Waals surface area contributed by atoms with Crippen LogP contribution >= 0.6 is 0 Å². The van der Waals surface area contributed by atoms with E-state index >= 15 is 0 Å². The molecule has 1 atom stereocenters. The Morgan fingerprint density at radius 2 is 2.24 bits per heavy atom. The van der Waals surface area contributed by atoms with Gasteiger partial charge in [0.25, 0.3) is 5.91 Å². The van der Waals surface area contributed by atoms with Gasteiger partial charge in [-0.2, -0.15) is 0 Å². The topological polar surface area (TPSA) is 79.5 Å². The Labute approximate surface area is 98.8 Å². The lowest BCUT2D eigenvalue weighted by atomic mass is 9.80. The molecular formula is C12H15NO4. The van der Waals surface area contributed by atoms with Crippen LogP contribution in [0.4, 0.5) is 0 Å². The molecule has 0 saturated heterocycles. The molecule has 0 radical (unpaired) electrons. The van der Waals surface area contributed by atoms with Crippen LogP contribution in [0, 0.1) is 5.92 Å². The first-order chi connectivity index (χ1) is 8.08. The maximum atomic E-state index is 11.7. The van der Waals surface area contributed by atoms with Gasteiger partial charge in [-0.15, -0.1) is 0 Å². The fourth-order valence-electron chi connectivity index (χ4n) is 1.90.